The highest BCUT2D eigenvalue weighted by Crippen LogP contribution is 2.34. The fraction of sp³-hybridized carbons (Fsp3) is 0.375. The second-order valence-electron chi connectivity index (χ2n) is 7.91. The van der Waals surface area contributed by atoms with E-state index in [1.807, 2.05) is 30.0 Å². The minimum atomic E-state index is -0.745. The first kappa shape index (κ1) is 22.3. The van der Waals surface area contributed by atoms with Gasteiger partial charge in [0.1, 0.15) is 0 Å². The van der Waals surface area contributed by atoms with E-state index in [9.17, 15) is 9.59 Å². The molecular formula is C24H34N4O3. The average molecular weight is 427 g/mol. The number of carboxylic acids is 1. The zero-order valence-corrected chi connectivity index (χ0v) is 18.3. The van der Waals surface area contributed by atoms with Crippen LogP contribution in [0.4, 0.5) is 5.69 Å². The Balaban J connectivity index is 0.000000707. The number of hydrogen-bond acceptors (Lipinski definition) is 4. The van der Waals surface area contributed by atoms with Crippen molar-refractivity contribution in [2.24, 2.45) is 0 Å². The van der Waals surface area contributed by atoms with Crippen molar-refractivity contribution in [3.8, 4) is 0 Å². The minimum Gasteiger partial charge on any atom is -0.481 e. The van der Waals surface area contributed by atoms with Crippen molar-refractivity contribution >= 4 is 28.6 Å². The van der Waals surface area contributed by atoms with Crippen molar-refractivity contribution in [3.63, 3.8) is 0 Å². The van der Waals surface area contributed by atoms with E-state index in [0.29, 0.717) is 11.3 Å². The number of nitrogen functional groups attached to an aromatic ring is 1. The largest absolute Gasteiger partial charge is 0.481 e. The lowest BCUT2D eigenvalue weighted by Gasteiger charge is -2.35. The zero-order valence-electron chi connectivity index (χ0n) is 18.3. The number of aliphatic carboxylic acids is 1. The van der Waals surface area contributed by atoms with Crippen molar-refractivity contribution in [3.05, 3.63) is 58.9 Å². The highest BCUT2D eigenvalue weighted by atomic mass is 16.4. The molecule has 2 aromatic heterocycles. The molecule has 7 heteroatoms. The number of para-hydroxylation sites is 1. The highest BCUT2D eigenvalue weighted by molar-refractivity contribution is 5.99. The van der Waals surface area contributed by atoms with Crippen molar-refractivity contribution in [1.29, 1.82) is 0 Å². The van der Waals surface area contributed by atoms with Crippen LogP contribution in [0.1, 0.15) is 68.8 Å². The van der Waals surface area contributed by atoms with Crippen LogP contribution in [-0.2, 0) is 4.79 Å². The molecule has 0 saturated carbocycles. The molecule has 4 rings (SSSR count). The molecule has 0 bridgehead atoms. The summed E-state index contributed by atoms with van der Waals surface area (Å²) in [5, 5.41) is 7.72. The van der Waals surface area contributed by atoms with Gasteiger partial charge in [-0.05, 0) is 62.9 Å². The number of rotatable bonds is 3. The maximum absolute atomic E-state index is 13.2. The van der Waals surface area contributed by atoms with E-state index in [-0.39, 0.29) is 21.2 Å². The number of piperidine rings is 1. The molecular weight excluding hydrogens is 392 g/mol. The van der Waals surface area contributed by atoms with E-state index in [1.165, 1.54) is 5.56 Å². The third kappa shape index (κ3) is 5.05. The van der Waals surface area contributed by atoms with E-state index in [4.69, 9.17) is 10.8 Å². The summed E-state index contributed by atoms with van der Waals surface area (Å²) >= 11 is 0. The first-order valence-electron chi connectivity index (χ1n) is 10.7. The Hall–Kier alpha value is -3.35. The molecule has 4 N–H and O–H groups in total. The summed E-state index contributed by atoms with van der Waals surface area (Å²) < 4.78 is 0. The quantitative estimate of drug-likeness (QED) is 0.504. The van der Waals surface area contributed by atoms with Gasteiger partial charge in [-0.1, -0.05) is 19.1 Å². The molecule has 1 aliphatic heterocycles. The molecule has 1 aliphatic rings. The van der Waals surface area contributed by atoms with Gasteiger partial charge in [0.15, 0.2) is 0 Å². The normalized spacial score (nSPS) is 16.0. The standard InChI is InChI=1S/C21H24N4O.C3H6O2.2H2/c1-13-11-14(2)23-18-12-17(24-20(13)18)19-9-5-6-10-25(19)21(26)15-7-3-4-8-16(15)22;1-2-3(4)5;;/h3-4,7-8,11-12,19,24H,5-6,9-10,22H2,1-2H3;2H2,1H3,(H,4,5);2*1H/t19-;;;/m0.../s1. The summed E-state index contributed by atoms with van der Waals surface area (Å²) in [5.74, 6) is -0.739. The summed E-state index contributed by atoms with van der Waals surface area (Å²) in [6.07, 6.45) is 3.30. The summed E-state index contributed by atoms with van der Waals surface area (Å²) in [7, 11) is 0. The molecule has 0 spiro atoms. The van der Waals surface area contributed by atoms with Gasteiger partial charge in [-0.15, -0.1) is 0 Å². The molecule has 31 heavy (non-hydrogen) atoms. The lowest BCUT2D eigenvalue weighted by atomic mass is 9.98. The molecule has 1 saturated heterocycles. The Morgan fingerprint density at radius 2 is 1.97 bits per heavy atom. The number of aromatic amines is 1. The van der Waals surface area contributed by atoms with Gasteiger partial charge in [0.25, 0.3) is 5.91 Å². The lowest BCUT2D eigenvalue weighted by molar-refractivity contribution is -0.136. The number of carbonyl (C=O) groups excluding carboxylic acids is 1. The Morgan fingerprint density at radius 1 is 1.26 bits per heavy atom. The minimum absolute atomic E-state index is 0. The van der Waals surface area contributed by atoms with Crippen LogP contribution in [0, 0.1) is 13.8 Å². The highest BCUT2D eigenvalue weighted by Gasteiger charge is 2.30. The number of aromatic nitrogens is 2. The number of aryl methyl sites for hydroxylation is 2. The number of nitrogens with zero attached hydrogens (tertiary/aromatic N) is 2. The summed E-state index contributed by atoms with van der Waals surface area (Å²) in [6.45, 7) is 6.44. The van der Waals surface area contributed by atoms with E-state index in [0.717, 1.165) is 48.2 Å². The van der Waals surface area contributed by atoms with Gasteiger partial charge in [0.2, 0.25) is 0 Å². The number of hydrogen-bond donors (Lipinski definition) is 3. The third-order valence-corrected chi connectivity index (χ3v) is 5.55. The van der Waals surface area contributed by atoms with Gasteiger partial charge in [0.05, 0.1) is 22.6 Å². The number of benzene rings is 1. The molecule has 1 amide bonds. The second kappa shape index (κ2) is 9.64. The van der Waals surface area contributed by atoms with Crippen LogP contribution in [0.15, 0.2) is 36.4 Å². The van der Waals surface area contributed by atoms with Crippen LogP contribution in [0.3, 0.4) is 0 Å². The maximum atomic E-state index is 13.2. The zero-order chi connectivity index (χ0) is 22.5. The monoisotopic (exact) mass is 426 g/mol. The number of carbonyl (C=O) groups is 2. The van der Waals surface area contributed by atoms with Gasteiger partial charge in [-0.25, -0.2) is 0 Å². The van der Waals surface area contributed by atoms with Crippen LogP contribution in [0.25, 0.3) is 11.0 Å². The van der Waals surface area contributed by atoms with Crippen molar-refractivity contribution in [2.45, 2.75) is 52.5 Å². The molecule has 7 nitrogen and oxygen atoms in total. The van der Waals surface area contributed by atoms with E-state index >= 15 is 0 Å². The maximum Gasteiger partial charge on any atom is 0.303 e. The summed E-state index contributed by atoms with van der Waals surface area (Å²) in [5.41, 5.74) is 12.4. The molecule has 0 unspecified atom stereocenters. The number of H-pyrrole nitrogens is 1. The van der Waals surface area contributed by atoms with Gasteiger partial charge >= 0.3 is 5.97 Å². The fourth-order valence-corrected chi connectivity index (χ4v) is 3.98. The van der Waals surface area contributed by atoms with E-state index < -0.39 is 5.97 Å². The molecule has 1 fully saturated rings. The number of nitrogens with two attached hydrogens (primary N) is 1. The second-order valence-corrected chi connectivity index (χ2v) is 7.91. The number of amides is 1. The smallest absolute Gasteiger partial charge is 0.303 e. The Kier molecular flexibility index (Phi) is 6.95. The lowest BCUT2D eigenvalue weighted by Crippen LogP contribution is -2.39. The molecule has 3 aromatic rings. The van der Waals surface area contributed by atoms with Crippen LogP contribution in [0.2, 0.25) is 0 Å². The topological polar surface area (TPSA) is 112 Å². The molecule has 0 aliphatic carbocycles. The van der Waals surface area contributed by atoms with Crippen LogP contribution >= 0.6 is 0 Å². The first-order chi connectivity index (χ1) is 14.8. The van der Waals surface area contributed by atoms with Crippen molar-refractivity contribution < 1.29 is 17.5 Å². The average Bonchev–Trinajstić information content (AvgIpc) is 3.18. The molecule has 1 atom stereocenters. The SMILES string of the molecule is CCC(=O)O.Cc1cc(C)c2[nH]c([C@@H]3CCCCN3C(=O)c3ccccc3N)cc2n1.[HH].[HH]. The number of nitrogens with one attached hydrogen (secondary N) is 1. The fourth-order valence-electron chi connectivity index (χ4n) is 3.98. The van der Waals surface area contributed by atoms with Crippen molar-refractivity contribution in [1.82, 2.24) is 14.9 Å². The first-order valence-corrected chi connectivity index (χ1v) is 10.7. The molecule has 168 valence electrons. The summed E-state index contributed by atoms with van der Waals surface area (Å²) in [4.78, 5) is 32.6. The van der Waals surface area contributed by atoms with Gasteiger partial charge in [0, 0.05) is 32.9 Å². The predicted octanol–water partition coefficient (Wildman–Crippen LogP) is 5.10. The molecule has 0 radical (unpaired) electrons. The predicted molar refractivity (Wildman–Crippen MR) is 126 cm³/mol. The van der Waals surface area contributed by atoms with Crippen LogP contribution in [-0.4, -0.2) is 38.4 Å². The Labute approximate surface area is 185 Å². The van der Waals surface area contributed by atoms with Crippen LogP contribution < -0.4 is 5.73 Å². The van der Waals surface area contributed by atoms with Crippen molar-refractivity contribution in [2.75, 3.05) is 12.3 Å². The van der Waals surface area contributed by atoms with Gasteiger partial charge in [-0.3, -0.25) is 14.6 Å². The number of carboxylic acid groups (broad SMARTS) is 1. The number of anilines is 1. The number of fused-ring (bicyclic) bond motifs is 1. The number of likely N-dealkylation sites (tertiary alicyclic amines) is 1. The van der Waals surface area contributed by atoms with Gasteiger partial charge < -0.3 is 20.7 Å². The van der Waals surface area contributed by atoms with E-state index in [1.54, 1.807) is 13.0 Å². The summed E-state index contributed by atoms with van der Waals surface area (Å²) in [6, 6.07) is 11.5. The van der Waals surface area contributed by atoms with Crippen LogP contribution in [0.5, 0.6) is 0 Å². The van der Waals surface area contributed by atoms with Gasteiger partial charge in [-0.2, -0.15) is 0 Å². The third-order valence-electron chi connectivity index (χ3n) is 5.55. The Bertz CT molecular complexity index is 1100. The Morgan fingerprint density at radius 3 is 2.65 bits per heavy atom. The number of pyridine rings is 1. The molecule has 3 heterocycles. The molecule has 1 aromatic carbocycles. The van der Waals surface area contributed by atoms with E-state index in [2.05, 4.69) is 29.0 Å².